The van der Waals surface area contributed by atoms with E-state index in [-0.39, 0.29) is 15.5 Å². The molecule has 2 aromatic heterocycles. The number of aromatic nitrogens is 3. The number of hydrogen-bond donors (Lipinski definition) is 1. The van der Waals surface area contributed by atoms with Crippen LogP contribution in [-0.2, 0) is 16.5 Å². The largest absolute Gasteiger partial charge is 0.433 e. The van der Waals surface area contributed by atoms with E-state index in [1.54, 1.807) is 0 Å². The maximum Gasteiger partial charge on any atom is 0.433 e. The van der Waals surface area contributed by atoms with Crippen LogP contribution in [0.5, 0.6) is 0 Å². The highest BCUT2D eigenvalue weighted by molar-refractivity contribution is 7.84. The molecule has 6 nitrogen and oxygen atoms in total. The number of hydrogen-bond acceptors (Lipinski definition) is 4. The molecule has 0 bridgehead atoms. The van der Waals surface area contributed by atoms with E-state index in [9.17, 15) is 21.6 Å². The molecule has 0 saturated carbocycles. The molecule has 0 radical (unpaired) electrons. The summed E-state index contributed by atoms with van der Waals surface area (Å²) in [4.78, 5) is 3.33. The molecule has 0 amide bonds. The highest BCUT2D eigenvalue weighted by Crippen LogP contribution is 2.28. The third kappa shape index (κ3) is 2.90. The van der Waals surface area contributed by atoms with Crippen LogP contribution in [-0.4, -0.2) is 27.1 Å². The Labute approximate surface area is 105 Å². The number of nitrogens with zero attached hydrogens (tertiary/aromatic N) is 3. The Kier molecular flexibility index (Phi) is 3.06. The van der Waals surface area contributed by atoms with Gasteiger partial charge in [-0.1, -0.05) is 6.07 Å². The molecule has 10 heteroatoms. The summed E-state index contributed by atoms with van der Waals surface area (Å²) in [6.45, 7) is 0. The van der Waals surface area contributed by atoms with Crippen LogP contribution in [0.25, 0.3) is 11.4 Å². The Hall–Kier alpha value is -1.94. The van der Waals surface area contributed by atoms with Crippen LogP contribution in [0.4, 0.5) is 13.2 Å². The van der Waals surface area contributed by atoms with Gasteiger partial charge in [-0.05, 0) is 18.2 Å². The number of pyridine rings is 1. The van der Waals surface area contributed by atoms with Gasteiger partial charge in [-0.15, -0.1) is 4.09 Å². The van der Waals surface area contributed by atoms with Gasteiger partial charge in [0.15, 0.2) is 0 Å². The summed E-state index contributed by atoms with van der Waals surface area (Å²) in [5, 5.41) is 3.42. The molecule has 0 aliphatic heterocycles. The number of alkyl halides is 3. The second kappa shape index (κ2) is 4.31. The SMILES string of the molecule is O=S(=O)(O)n1ccc(-c2cccc(C(F)(F)F)n2)n1. The van der Waals surface area contributed by atoms with E-state index in [4.69, 9.17) is 4.55 Å². The van der Waals surface area contributed by atoms with E-state index < -0.39 is 22.2 Å². The van der Waals surface area contributed by atoms with Gasteiger partial charge in [0.25, 0.3) is 0 Å². The van der Waals surface area contributed by atoms with Crippen LogP contribution in [0.3, 0.4) is 0 Å². The standard InChI is InChI=1S/C9H6F3N3O3S/c10-9(11,12)8-3-1-2-6(13-8)7-4-5-15(14-7)19(16,17)18/h1-5H,(H,16,17,18). The lowest BCUT2D eigenvalue weighted by Crippen LogP contribution is -2.11. The minimum atomic E-state index is -4.61. The second-order valence-electron chi connectivity index (χ2n) is 3.46. The van der Waals surface area contributed by atoms with Gasteiger partial charge in [-0.2, -0.15) is 26.7 Å². The maximum absolute atomic E-state index is 12.5. The fourth-order valence-corrected chi connectivity index (χ4v) is 1.71. The van der Waals surface area contributed by atoms with Crippen molar-refractivity contribution in [2.75, 3.05) is 0 Å². The van der Waals surface area contributed by atoms with Crippen LogP contribution in [0, 0.1) is 0 Å². The molecule has 0 saturated heterocycles. The predicted octanol–water partition coefficient (Wildman–Crippen LogP) is 1.61. The van der Waals surface area contributed by atoms with E-state index >= 15 is 0 Å². The topological polar surface area (TPSA) is 85.1 Å². The molecule has 19 heavy (non-hydrogen) atoms. The summed E-state index contributed by atoms with van der Waals surface area (Å²) in [6, 6.07) is 4.27. The maximum atomic E-state index is 12.5. The molecule has 102 valence electrons. The van der Waals surface area contributed by atoms with Crippen molar-refractivity contribution in [2.45, 2.75) is 6.18 Å². The number of halogens is 3. The van der Waals surface area contributed by atoms with Crippen LogP contribution in [0.2, 0.25) is 0 Å². The molecule has 0 aliphatic rings. The minimum absolute atomic E-state index is 0.108. The van der Waals surface area contributed by atoms with Crippen molar-refractivity contribution in [2.24, 2.45) is 0 Å². The Bertz CT molecular complexity index is 709. The molecule has 2 heterocycles. The molecular formula is C9H6F3N3O3S. The Morgan fingerprint density at radius 3 is 2.37 bits per heavy atom. The highest BCUT2D eigenvalue weighted by Gasteiger charge is 2.32. The smallest absolute Gasteiger partial charge is 0.268 e. The summed E-state index contributed by atoms with van der Waals surface area (Å²) < 4.78 is 67.8. The fraction of sp³-hybridized carbons (Fsp3) is 0.111. The van der Waals surface area contributed by atoms with Crippen molar-refractivity contribution < 1.29 is 26.1 Å². The second-order valence-corrected chi connectivity index (χ2v) is 4.73. The van der Waals surface area contributed by atoms with Crippen molar-refractivity contribution in [3.63, 3.8) is 0 Å². The Balaban J connectivity index is 2.46. The van der Waals surface area contributed by atoms with Crippen LogP contribution < -0.4 is 0 Å². The molecule has 0 aromatic carbocycles. The zero-order valence-electron chi connectivity index (χ0n) is 9.03. The average molecular weight is 293 g/mol. The molecule has 2 aromatic rings. The molecule has 0 unspecified atom stereocenters. The first kappa shape index (κ1) is 13.5. The summed E-state index contributed by atoms with van der Waals surface area (Å²) in [7, 11) is -4.57. The van der Waals surface area contributed by atoms with E-state index in [2.05, 4.69) is 10.1 Å². The van der Waals surface area contributed by atoms with Crippen molar-refractivity contribution in [1.29, 1.82) is 0 Å². The third-order valence-electron chi connectivity index (χ3n) is 2.10. The van der Waals surface area contributed by atoms with E-state index in [1.807, 2.05) is 0 Å². The zero-order valence-corrected chi connectivity index (χ0v) is 9.85. The first-order valence-electron chi connectivity index (χ1n) is 4.76. The summed E-state index contributed by atoms with van der Waals surface area (Å²) in [5.41, 5.74) is -1.38. The van der Waals surface area contributed by atoms with Gasteiger partial charge in [0.2, 0.25) is 0 Å². The Morgan fingerprint density at radius 2 is 1.84 bits per heavy atom. The fourth-order valence-electron chi connectivity index (χ4n) is 1.31. The first-order valence-corrected chi connectivity index (χ1v) is 6.16. The zero-order chi connectivity index (χ0) is 14.3. The molecular weight excluding hydrogens is 287 g/mol. The van der Waals surface area contributed by atoms with E-state index in [1.165, 1.54) is 6.07 Å². The highest BCUT2D eigenvalue weighted by atomic mass is 32.2. The van der Waals surface area contributed by atoms with Crippen LogP contribution >= 0.6 is 0 Å². The van der Waals surface area contributed by atoms with Gasteiger partial charge in [0.1, 0.15) is 11.4 Å². The van der Waals surface area contributed by atoms with Gasteiger partial charge in [0.05, 0.1) is 5.69 Å². The van der Waals surface area contributed by atoms with Crippen LogP contribution in [0.1, 0.15) is 5.69 Å². The van der Waals surface area contributed by atoms with Crippen LogP contribution in [0.15, 0.2) is 30.5 Å². The molecule has 0 atom stereocenters. The Morgan fingerprint density at radius 1 is 1.16 bits per heavy atom. The molecule has 1 N–H and O–H groups in total. The van der Waals surface area contributed by atoms with Crippen molar-refractivity contribution in [3.05, 3.63) is 36.2 Å². The minimum Gasteiger partial charge on any atom is -0.268 e. The average Bonchev–Trinajstić information content (AvgIpc) is 2.77. The van der Waals surface area contributed by atoms with Gasteiger partial charge < -0.3 is 0 Å². The predicted molar refractivity (Wildman–Crippen MR) is 57.4 cm³/mol. The normalized spacial score (nSPS) is 12.6. The van der Waals surface area contributed by atoms with Gasteiger partial charge in [0, 0.05) is 6.20 Å². The summed E-state index contributed by atoms with van der Waals surface area (Å²) >= 11 is 0. The monoisotopic (exact) mass is 293 g/mol. The molecule has 2 rings (SSSR count). The lowest BCUT2D eigenvalue weighted by atomic mass is 10.2. The lowest BCUT2D eigenvalue weighted by molar-refractivity contribution is -0.141. The van der Waals surface area contributed by atoms with Gasteiger partial charge >= 0.3 is 16.5 Å². The first-order chi connectivity index (χ1) is 8.68. The van der Waals surface area contributed by atoms with Crippen molar-refractivity contribution in [3.8, 4) is 11.4 Å². The molecule has 0 spiro atoms. The van der Waals surface area contributed by atoms with E-state index in [0.29, 0.717) is 0 Å². The molecule has 0 fully saturated rings. The quantitative estimate of drug-likeness (QED) is 0.850. The number of rotatable bonds is 2. The van der Waals surface area contributed by atoms with Gasteiger partial charge in [-0.25, -0.2) is 4.98 Å². The van der Waals surface area contributed by atoms with Gasteiger partial charge in [-0.3, -0.25) is 4.55 Å². The van der Waals surface area contributed by atoms with Crippen molar-refractivity contribution in [1.82, 2.24) is 14.2 Å². The van der Waals surface area contributed by atoms with E-state index in [0.717, 1.165) is 24.4 Å². The summed E-state index contributed by atoms with van der Waals surface area (Å²) in [5.74, 6) is 0. The van der Waals surface area contributed by atoms with Crippen molar-refractivity contribution >= 4 is 10.3 Å². The third-order valence-corrected chi connectivity index (χ3v) is 2.78. The molecule has 0 aliphatic carbocycles. The lowest BCUT2D eigenvalue weighted by Gasteiger charge is -2.06. The summed E-state index contributed by atoms with van der Waals surface area (Å²) in [6.07, 6.45) is -3.71.